The molecular weight excluding hydrogens is 484 g/mol. The van der Waals surface area contributed by atoms with Crippen molar-refractivity contribution >= 4 is 21.6 Å². The maximum atomic E-state index is 13.8. The summed E-state index contributed by atoms with van der Waals surface area (Å²) in [4.78, 5) is 13.6. The van der Waals surface area contributed by atoms with Crippen LogP contribution in [0.2, 0.25) is 0 Å². The summed E-state index contributed by atoms with van der Waals surface area (Å²) in [5, 5.41) is 3.06. The Morgan fingerprint density at radius 1 is 0.811 bits per heavy atom. The van der Waals surface area contributed by atoms with E-state index in [1.54, 1.807) is 30.3 Å². The number of nitrogens with zero attached hydrogens (tertiary/aromatic N) is 1. The molecule has 0 radical (unpaired) electrons. The van der Waals surface area contributed by atoms with Crippen molar-refractivity contribution < 1.29 is 17.9 Å². The monoisotopic (exact) mass is 514 g/mol. The average Bonchev–Trinajstić information content (AvgIpc) is 2.92. The molecule has 1 amide bonds. The topological polar surface area (TPSA) is 75.7 Å². The number of benzene rings is 4. The fraction of sp³-hybridized carbons (Fsp3) is 0.167. The fourth-order valence-electron chi connectivity index (χ4n) is 4.11. The molecule has 1 atom stereocenters. The van der Waals surface area contributed by atoms with Crippen LogP contribution >= 0.6 is 0 Å². The van der Waals surface area contributed by atoms with Gasteiger partial charge in [0.25, 0.3) is 10.0 Å². The van der Waals surface area contributed by atoms with E-state index in [1.165, 1.54) is 19.2 Å². The molecule has 0 bridgehead atoms. The van der Waals surface area contributed by atoms with Crippen molar-refractivity contribution in [2.45, 2.75) is 24.8 Å². The molecule has 0 heterocycles. The van der Waals surface area contributed by atoms with Crippen molar-refractivity contribution in [3.05, 3.63) is 125 Å². The van der Waals surface area contributed by atoms with Gasteiger partial charge in [0.05, 0.1) is 23.7 Å². The zero-order valence-corrected chi connectivity index (χ0v) is 21.9. The molecule has 0 spiro atoms. The number of rotatable bonds is 9. The molecule has 4 aromatic rings. The number of carbonyl (C=O) groups excluding carboxylic acids is 1. The van der Waals surface area contributed by atoms with Crippen molar-refractivity contribution in [2.24, 2.45) is 0 Å². The second-order valence-electron chi connectivity index (χ2n) is 8.82. The maximum Gasteiger partial charge on any atom is 0.264 e. The number of hydrogen-bond acceptors (Lipinski definition) is 4. The highest BCUT2D eigenvalue weighted by Gasteiger charge is 2.30. The van der Waals surface area contributed by atoms with Crippen LogP contribution in [0, 0.1) is 13.8 Å². The van der Waals surface area contributed by atoms with Gasteiger partial charge in [-0.1, -0.05) is 84.4 Å². The largest absolute Gasteiger partial charge is 0.495 e. The van der Waals surface area contributed by atoms with E-state index in [1.807, 2.05) is 74.5 Å². The minimum atomic E-state index is -4.08. The lowest BCUT2D eigenvalue weighted by molar-refractivity contribution is -0.120. The molecule has 0 fully saturated rings. The van der Waals surface area contributed by atoms with E-state index in [2.05, 4.69) is 5.32 Å². The molecular formula is C30H30N2O4S. The first-order chi connectivity index (χ1) is 17.8. The van der Waals surface area contributed by atoms with Crippen LogP contribution in [0.4, 0.5) is 5.69 Å². The Balaban J connectivity index is 1.73. The van der Waals surface area contributed by atoms with Crippen LogP contribution in [0.5, 0.6) is 5.75 Å². The summed E-state index contributed by atoms with van der Waals surface area (Å²) >= 11 is 0. The van der Waals surface area contributed by atoms with Gasteiger partial charge in [-0.15, -0.1) is 0 Å². The number of sulfonamides is 1. The fourth-order valence-corrected chi connectivity index (χ4v) is 5.56. The number of aryl methyl sites for hydroxylation is 2. The van der Waals surface area contributed by atoms with Crippen LogP contribution in [0.1, 0.15) is 28.3 Å². The van der Waals surface area contributed by atoms with Crippen LogP contribution < -0.4 is 14.4 Å². The molecule has 4 aromatic carbocycles. The third-order valence-electron chi connectivity index (χ3n) is 6.07. The van der Waals surface area contributed by atoms with Crippen molar-refractivity contribution in [3.8, 4) is 5.75 Å². The summed E-state index contributed by atoms with van der Waals surface area (Å²) in [6, 6.07) is 30.4. The SMILES string of the molecule is COc1ccc(C)cc1N(CC(=O)N[C@H](c1ccccc1)c1ccc(C)cc1)S(=O)(=O)c1ccccc1. The smallest absolute Gasteiger partial charge is 0.264 e. The van der Waals surface area contributed by atoms with Gasteiger partial charge in [0.1, 0.15) is 12.3 Å². The lowest BCUT2D eigenvalue weighted by Gasteiger charge is -2.27. The van der Waals surface area contributed by atoms with Crippen LogP contribution in [-0.2, 0) is 14.8 Å². The van der Waals surface area contributed by atoms with Crippen LogP contribution in [0.15, 0.2) is 108 Å². The number of hydrogen-bond donors (Lipinski definition) is 1. The van der Waals surface area contributed by atoms with E-state index in [4.69, 9.17) is 4.74 Å². The number of methoxy groups -OCH3 is 1. The summed E-state index contributed by atoms with van der Waals surface area (Å²) < 4.78 is 34.2. The van der Waals surface area contributed by atoms with Gasteiger partial charge >= 0.3 is 0 Å². The summed E-state index contributed by atoms with van der Waals surface area (Å²) in [6.45, 7) is 3.44. The number of carbonyl (C=O) groups is 1. The molecule has 0 aliphatic carbocycles. The molecule has 0 saturated heterocycles. The number of ether oxygens (including phenoxy) is 1. The van der Waals surface area contributed by atoms with Gasteiger partial charge in [-0.3, -0.25) is 9.10 Å². The first kappa shape index (κ1) is 26.0. The summed E-state index contributed by atoms with van der Waals surface area (Å²) in [5.41, 5.74) is 4.04. The summed E-state index contributed by atoms with van der Waals surface area (Å²) in [6.07, 6.45) is 0. The van der Waals surface area contributed by atoms with Crippen LogP contribution in [-0.4, -0.2) is 28.0 Å². The van der Waals surface area contributed by atoms with E-state index >= 15 is 0 Å². The first-order valence-electron chi connectivity index (χ1n) is 11.9. The van der Waals surface area contributed by atoms with E-state index in [0.29, 0.717) is 11.4 Å². The third-order valence-corrected chi connectivity index (χ3v) is 7.84. The summed E-state index contributed by atoms with van der Waals surface area (Å²) in [5.74, 6) is -0.0893. The molecule has 0 aliphatic heterocycles. The molecule has 0 saturated carbocycles. The predicted octanol–water partition coefficient (Wildman–Crippen LogP) is 5.41. The Labute approximate surface area is 218 Å². The van der Waals surface area contributed by atoms with Gasteiger partial charge in [-0.25, -0.2) is 8.42 Å². The lowest BCUT2D eigenvalue weighted by atomic mass is 9.98. The number of nitrogens with one attached hydrogen (secondary N) is 1. The van der Waals surface area contributed by atoms with Gasteiger partial charge in [-0.05, 0) is 54.8 Å². The molecule has 0 aromatic heterocycles. The van der Waals surface area contributed by atoms with Gasteiger partial charge in [0.2, 0.25) is 5.91 Å². The van der Waals surface area contributed by atoms with E-state index in [0.717, 1.165) is 26.6 Å². The van der Waals surface area contributed by atoms with E-state index in [-0.39, 0.29) is 4.90 Å². The molecule has 6 nitrogen and oxygen atoms in total. The van der Waals surface area contributed by atoms with Crippen molar-refractivity contribution in [1.82, 2.24) is 5.32 Å². The van der Waals surface area contributed by atoms with Crippen LogP contribution in [0.3, 0.4) is 0 Å². The highest BCUT2D eigenvalue weighted by Crippen LogP contribution is 2.33. The normalized spacial score (nSPS) is 12.0. The Morgan fingerprint density at radius 3 is 2.00 bits per heavy atom. The van der Waals surface area contributed by atoms with Gasteiger partial charge < -0.3 is 10.1 Å². The minimum Gasteiger partial charge on any atom is -0.495 e. The van der Waals surface area contributed by atoms with Crippen molar-refractivity contribution in [1.29, 1.82) is 0 Å². The quantitative estimate of drug-likeness (QED) is 0.324. The highest BCUT2D eigenvalue weighted by molar-refractivity contribution is 7.92. The molecule has 190 valence electrons. The first-order valence-corrected chi connectivity index (χ1v) is 13.4. The third kappa shape index (κ3) is 6.01. The maximum absolute atomic E-state index is 13.8. The molecule has 0 unspecified atom stereocenters. The summed E-state index contributed by atoms with van der Waals surface area (Å²) in [7, 11) is -2.60. The number of amides is 1. The Bertz CT molecular complexity index is 1450. The Hall–Kier alpha value is -4.10. The Kier molecular flexibility index (Phi) is 7.94. The van der Waals surface area contributed by atoms with Crippen molar-refractivity contribution in [3.63, 3.8) is 0 Å². The lowest BCUT2D eigenvalue weighted by Crippen LogP contribution is -2.42. The Morgan fingerprint density at radius 2 is 1.38 bits per heavy atom. The molecule has 4 rings (SSSR count). The zero-order chi connectivity index (χ0) is 26.4. The standard InChI is InChI=1S/C30H30N2O4S/c1-22-14-17-25(18-15-22)30(24-10-6-4-7-11-24)31-29(33)21-32(27-20-23(2)16-19-28(27)36-3)37(34,35)26-12-8-5-9-13-26/h4-20,30H,21H2,1-3H3,(H,31,33)/t30-/m1/s1. The van der Waals surface area contributed by atoms with Gasteiger partial charge in [0.15, 0.2) is 0 Å². The van der Waals surface area contributed by atoms with E-state index in [9.17, 15) is 13.2 Å². The minimum absolute atomic E-state index is 0.0875. The van der Waals surface area contributed by atoms with Crippen molar-refractivity contribution in [2.75, 3.05) is 18.0 Å². The zero-order valence-electron chi connectivity index (χ0n) is 21.1. The van der Waals surface area contributed by atoms with E-state index < -0.39 is 28.5 Å². The molecule has 1 N–H and O–H groups in total. The van der Waals surface area contributed by atoms with Gasteiger partial charge in [-0.2, -0.15) is 0 Å². The second-order valence-corrected chi connectivity index (χ2v) is 10.7. The number of anilines is 1. The van der Waals surface area contributed by atoms with Crippen LogP contribution in [0.25, 0.3) is 0 Å². The predicted molar refractivity (Wildman–Crippen MR) is 146 cm³/mol. The molecule has 7 heteroatoms. The molecule has 0 aliphatic rings. The molecule has 37 heavy (non-hydrogen) atoms. The second kappa shape index (κ2) is 11.3. The highest BCUT2D eigenvalue weighted by atomic mass is 32.2. The van der Waals surface area contributed by atoms with Gasteiger partial charge in [0, 0.05) is 0 Å². The average molecular weight is 515 g/mol.